The first-order valence-electron chi connectivity index (χ1n) is 7.89. The molecule has 0 spiro atoms. The summed E-state index contributed by atoms with van der Waals surface area (Å²) in [5.41, 5.74) is 6.38. The highest BCUT2D eigenvalue weighted by molar-refractivity contribution is 5.94. The Hall–Kier alpha value is -1.87. The minimum Gasteiger partial charge on any atom is -0.378 e. The summed E-state index contributed by atoms with van der Waals surface area (Å²) < 4.78 is 5.62. The number of hydrogen-bond acceptors (Lipinski definition) is 4. The van der Waals surface area contributed by atoms with Crippen LogP contribution in [0.4, 0.5) is 0 Å². The Kier molecular flexibility index (Phi) is 4.15. The zero-order valence-corrected chi connectivity index (χ0v) is 13.4. The van der Waals surface area contributed by atoms with E-state index in [9.17, 15) is 9.90 Å². The zero-order chi connectivity index (χ0) is 16.6. The summed E-state index contributed by atoms with van der Waals surface area (Å²) in [7, 11) is 0. The van der Waals surface area contributed by atoms with Gasteiger partial charge in [-0.25, -0.2) is 0 Å². The second-order valence-electron chi connectivity index (χ2n) is 6.75. The first-order chi connectivity index (χ1) is 10.8. The van der Waals surface area contributed by atoms with E-state index in [1.54, 1.807) is 38.1 Å². The van der Waals surface area contributed by atoms with Crippen LogP contribution in [0.5, 0.6) is 0 Å². The average Bonchev–Trinajstić information content (AvgIpc) is 2.95. The van der Waals surface area contributed by atoms with E-state index >= 15 is 0 Å². The van der Waals surface area contributed by atoms with E-state index in [1.807, 2.05) is 0 Å². The number of nitrogens with one attached hydrogen (secondary N) is 1. The van der Waals surface area contributed by atoms with Gasteiger partial charge in [0.1, 0.15) is 5.60 Å². The lowest BCUT2D eigenvalue weighted by molar-refractivity contribution is -0.0161. The molecule has 1 heterocycles. The number of rotatable bonds is 2. The van der Waals surface area contributed by atoms with E-state index in [0.29, 0.717) is 11.5 Å². The van der Waals surface area contributed by atoms with Crippen molar-refractivity contribution in [2.45, 2.75) is 44.1 Å². The van der Waals surface area contributed by atoms with Crippen LogP contribution < -0.4 is 11.1 Å². The molecule has 0 aromatic heterocycles. The third-order valence-corrected chi connectivity index (χ3v) is 4.40. The SMILES string of the molecule is CC(C)(O)C#Cc1ccc(C(=O)NC2C(N)C3CCOC32)cc1. The van der Waals surface area contributed by atoms with E-state index in [-0.39, 0.29) is 24.1 Å². The molecule has 122 valence electrons. The molecule has 4 N–H and O–H groups in total. The number of nitrogens with two attached hydrogens (primary N) is 1. The molecule has 1 aromatic carbocycles. The largest absolute Gasteiger partial charge is 0.378 e. The van der Waals surface area contributed by atoms with Crippen LogP contribution in [-0.4, -0.2) is 41.4 Å². The van der Waals surface area contributed by atoms with Gasteiger partial charge in [0.15, 0.2) is 0 Å². The fraction of sp³-hybridized carbons (Fsp3) is 0.500. The second-order valence-corrected chi connectivity index (χ2v) is 6.75. The molecule has 2 aliphatic rings. The van der Waals surface area contributed by atoms with E-state index in [0.717, 1.165) is 18.6 Å². The third-order valence-electron chi connectivity index (χ3n) is 4.40. The number of hydrogen-bond donors (Lipinski definition) is 3. The highest BCUT2D eigenvalue weighted by Gasteiger charge is 2.52. The number of carbonyl (C=O) groups is 1. The van der Waals surface area contributed by atoms with Crippen molar-refractivity contribution in [3.8, 4) is 11.8 Å². The Morgan fingerprint density at radius 3 is 2.74 bits per heavy atom. The lowest BCUT2D eigenvalue weighted by Crippen LogP contribution is -2.68. The van der Waals surface area contributed by atoms with Gasteiger partial charge >= 0.3 is 0 Å². The van der Waals surface area contributed by atoms with Crippen molar-refractivity contribution < 1.29 is 14.6 Å². The Morgan fingerprint density at radius 2 is 2.09 bits per heavy atom. The van der Waals surface area contributed by atoms with Gasteiger partial charge in [0.05, 0.1) is 12.1 Å². The van der Waals surface area contributed by atoms with Crippen LogP contribution in [0.25, 0.3) is 0 Å². The first kappa shape index (κ1) is 16.0. The summed E-state index contributed by atoms with van der Waals surface area (Å²) in [4.78, 5) is 12.3. The molecule has 0 radical (unpaired) electrons. The van der Waals surface area contributed by atoms with Crippen molar-refractivity contribution in [2.75, 3.05) is 6.61 Å². The maximum absolute atomic E-state index is 12.3. The smallest absolute Gasteiger partial charge is 0.251 e. The average molecular weight is 314 g/mol. The van der Waals surface area contributed by atoms with Crippen LogP contribution in [-0.2, 0) is 4.74 Å². The molecule has 1 aromatic rings. The van der Waals surface area contributed by atoms with Gasteiger partial charge in [0.25, 0.3) is 5.91 Å². The molecular weight excluding hydrogens is 292 g/mol. The fourth-order valence-electron chi connectivity index (χ4n) is 3.09. The lowest BCUT2D eigenvalue weighted by atomic mass is 9.72. The highest BCUT2D eigenvalue weighted by atomic mass is 16.5. The monoisotopic (exact) mass is 314 g/mol. The molecule has 1 saturated heterocycles. The van der Waals surface area contributed by atoms with Crippen LogP contribution in [0.3, 0.4) is 0 Å². The second kappa shape index (κ2) is 5.97. The van der Waals surface area contributed by atoms with Crippen LogP contribution in [0.2, 0.25) is 0 Å². The van der Waals surface area contributed by atoms with Gasteiger partial charge in [-0.3, -0.25) is 4.79 Å². The molecule has 0 bridgehead atoms. The predicted molar refractivity (Wildman–Crippen MR) is 86.7 cm³/mol. The summed E-state index contributed by atoms with van der Waals surface area (Å²) >= 11 is 0. The highest BCUT2D eigenvalue weighted by Crippen LogP contribution is 2.37. The number of amides is 1. The molecule has 5 nitrogen and oxygen atoms in total. The molecule has 3 rings (SSSR count). The Bertz CT molecular complexity index is 652. The normalized spacial score (nSPS) is 29.0. The van der Waals surface area contributed by atoms with Crippen LogP contribution in [0.15, 0.2) is 24.3 Å². The summed E-state index contributed by atoms with van der Waals surface area (Å²) in [6.07, 6.45) is 1.04. The van der Waals surface area contributed by atoms with Gasteiger partial charge in [-0.2, -0.15) is 0 Å². The molecule has 1 saturated carbocycles. The van der Waals surface area contributed by atoms with Crippen molar-refractivity contribution in [2.24, 2.45) is 11.7 Å². The quantitative estimate of drug-likeness (QED) is 0.700. The Morgan fingerprint density at radius 1 is 1.39 bits per heavy atom. The Labute approximate surface area is 136 Å². The van der Waals surface area contributed by atoms with Gasteiger partial charge in [0.2, 0.25) is 0 Å². The van der Waals surface area contributed by atoms with Crippen molar-refractivity contribution in [3.05, 3.63) is 35.4 Å². The topological polar surface area (TPSA) is 84.6 Å². The van der Waals surface area contributed by atoms with Crippen molar-refractivity contribution in [3.63, 3.8) is 0 Å². The van der Waals surface area contributed by atoms with Gasteiger partial charge in [-0.15, -0.1) is 0 Å². The van der Waals surface area contributed by atoms with Crippen molar-refractivity contribution in [1.82, 2.24) is 5.32 Å². The summed E-state index contributed by atoms with van der Waals surface area (Å²) in [5, 5.41) is 12.6. The van der Waals surface area contributed by atoms with Gasteiger partial charge in [-0.05, 0) is 44.5 Å². The molecule has 1 amide bonds. The van der Waals surface area contributed by atoms with E-state index in [4.69, 9.17) is 10.5 Å². The zero-order valence-electron chi connectivity index (χ0n) is 13.4. The number of aliphatic hydroxyl groups is 1. The molecule has 5 heteroatoms. The molecule has 23 heavy (non-hydrogen) atoms. The predicted octanol–water partition coefficient (Wildman–Crippen LogP) is 0.653. The third kappa shape index (κ3) is 3.40. The van der Waals surface area contributed by atoms with Crippen LogP contribution >= 0.6 is 0 Å². The number of carbonyl (C=O) groups excluding carboxylic acids is 1. The van der Waals surface area contributed by atoms with Crippen molar-refractivity contribution in [1.29, 1.82) is 0 Å². The van der Waals surface area contributed by atoms with E-state index < -0.39 is 5.60 Å². The maximum atomic E-state index is 12.3. The van der Waals surface area contributed by atoms with Gasteiger partial charge in [0, 0.05) is 29.7 Å². The molecule has 4 unspecified atom stereocenters. The number of benzene rings is 1. The van der Waals surface area contributed by atoms with Crippen molar-refractivity contribution >= 4 is 5.91 Å². The van der Waals surface area contributed by atoms with Gasteiger partial charge < -0.3 is 20.9 Å². The molecule has 2 fully saturated rings. The Balaban J connectivity index is 1.63. The number of ether oxygens (including phenoxy) is 1. The minimum absolute atomic E-state index is 0.0247. The summed E-state index contributed by atoms with van der Waals surface area (Å²) in [6.45, 7) is 3.98. The minimum atomic E-state index is -1.03. The first-order valence-corrected chi connectivity index (χ1v) is 7.89. The molecule has 1 aliphatic heterocycles. The van der Waals surface area contributed by atoms with Crippen LogP contribution in [0.1, 0.15) is 36.2 Å². The lowest BCUT2D eigenvalue weighted by Gasteiger charge is -2.45. The maximum Gasteiger partial charge on any atom is 0.251 e. The standard InChI is InChI=1S/C18H22N2O3/c1-18(2,22)9-7-11-3-5-12(6-4-11)17(21)20-15-14(19)13-8-10-23-16(13)15/h3-6,13-16,22H,8,10,19H2,1-2H3,(H,20,21). The van der Waals surface area contributed by atoms with E-state index in [1.165, 1.54) is 0 Å². The molecule has 1 aliphatic carbocycles. The molecular formula is C18H22N2O3. The number of fused-ring (bicyclic) bond motifs is 1. The van der Waals surface area contributed by atoms with E-state index in [2.05, 4.69) is 17.2 Å². The molecule has 4 atom stereocenters. The summed E-state index contributed by atoms with van der Waals surface area (Å²) in [6, 6.07) is 6.85. The van der Waals surface area contributed by atoms with Crippen LogP contribution in [0, 0.1) is 17.8 Å². The fourth-order valence-corrected chi connectivity index (χ4v) is 3.09. The summed E-state index contributed by atoms with van der Waals surface area (Å²) in [5.74, 6) is 5.84. The van der Waals surface area contributed by atoms with Gasteiger partial charge in [-0.1, -0.05) is 11.8 Å².